The van der Waals surface area contributed by atoms with Gasteiger partial charge in [0.05, 0.1) is 17.4 Å². The van der Waals surface area contributed by atoms with Crippen molar-refractivity contribution in [1.29, 1.82) is 0 Å². The van der Waals surface area contributed by atoms with Gasteiger partial charge in [-0.2, -0.15) is 0 Å². The van der Waals surface area contributed by atoms with Crippen molar-refractivity contribution < 1.29 is 0 Å². The zero-order valence-corrected chi connectivity index (χ0v) is 14.2. The first-order valence-corrected chi connectivity index (χ1v) is 8.51. The standard InChI is InChI=1S/C20H25N3/c1-21(2)15-12-13-23-19-11-7-6-10-18(19)22(3)17-9-5-4-8-16(17)20(23)14-15/h4-11,15,20H,12-14H2,1-3H3. The number of anilines is 3. The first-order chi connectivity index (χ1) is 11.2. The van der Waals surface area contributed by atoms with Crippen LogP contribution in [0, 0.1) is 0 Å². The van der Waals surface area contributed by atoms with Crippen LogP contribution in [0.4, 0.5) is 17.1 Å². The van der Waals surface area contributed by atoms with Gasteiger partial charge in [-0.05, 0) is 50.7 Å². The van der Waals surface area contributed by atoms with E-state index in [1.807, 2.05) is 0 Å². The van der Waals surface area contributed by atoms with Crippen molar-refractivity contribution in [3.05, 3.63) is 54.1 Å². The van der Waals surface area contributed by atoms with Crippen LogP contribution in [0.25, 0.3) is 0 Å². The fraction of sp³-hybridized carbons (Fsp3) is 0.400. The second-order valence-electron chi connectivity index (χ2n) is 6.96. The molecule has 2 atom stereocenters. The third-order valence-corrected chi connectivity index (χ3v) is 5.51. The Morgan fingerprint density at radius 3 is 2.30 bits per heavy atom. The summed E-state index contributed by atoms with van der Waals surface area (Å²) in [5, 5.41) is 0. The number of rotatable bonds is 1. The van der Waals surface area contributed by atoms with Crippen LogP contribution < -0.4 is 9.80 Å². The molecule has 2 aliphatic heterocycles. The predicted octanol–water partition coefficient (Wildman–Crippen LogP) is 4.04. The molecule has 2 aromatic rings. The van der Waals surface area contributed by atoms with Crippen LogP contribution in [0.15, 0.2) is 48.5 Å². The molecule has 1 fully saturated rings. The van der Waals surface area contributed by atoms with E-state index in [1.165, 1.54) is 35.5 Å². The summed E-state index contributed by atoms with van der Waals surface area (Å²) < 4.78 is 0. The number of piperidine rings is 1. The molecule has 0 bridgehead atoms. The highest BCUT2D eigenvalue weighted by Gasteiger charge is 2.35. The van der Waals surface area contributed by atoms with Gasteiger partial charge in [-0.3, -0.25) is 0 Å². The minimum absolute atomic E-state index is 0.457. The van der Waals surface area contributed by atoms with Gasteiger partial charge in [0.2, 0.25) is 0 Å². The first-order valence-electron chi connectivity index (χ1n) is 8.51. The van der Waals surface area contributed by atoms with Crippen molar-refractivity contribution in [2.45, 2.75) is 24.9 Å². The lowest BCUT2D eigenvalue weighted by Crippen LogP contribution is -2.43. The molecule has 0 spiro atoms. The van der Waals surface area contributed by atoms with E-state index in [1.54, 1.807) is 0 Å². The molecule has 3 nitrogen and oxygen atoms in total. The molecule has 0 amide bonds. The minimum Gasteiger partial charge on any atom is -0.363 e. The van der Waals surface area contributed by atoms with Gasteiger partial charge in [-0.1, -0.05) is 30.3 Å². The molecule has 2 aliphatic rings. The highest BCUT2D eigenvalue weighted by atomic mass is 15.3. The van der Waals surface area contributed by atoms with E-state index in [4.69, 9.17) is 0 Å². The minimum atomic E-state index is 0.457. The van der Waals surface area contributed by atoms with Crippen LogP contribution in [0.1, 0.15) is 24.4 Å². The van der Waals surface area contributed by atoms with E-state index < -0.39 is 0 Å². The zero-order valence-electron chi connectivity index (χ0n) is 14.2. The summed E-state index contributed by atoms with van der Waals surface area (Å²) in [6.07, 6.45) is 2.41. The van der Waals surface area contributed by atoms with Crippen molar-refractivity contribution in [3.63, 3.8) is 0 Å². The second-order valence-corrected chi connectivity index (χ2v) is 6.96. The number of hydrogen-bond acceptors (Lipinski definition) is 3. The molecule has 120 valence electrons. The maximum absolute atomic E-state index is 2.62. The Morgan fingerprint density at radius 1 is 0.913 bits per heavy atom. The maximum Gasteiger partial charge on any atom is 0.0646 e. The van der Waals surface area contributed by atoms with Crippen LogP contribution in [0.3, 0.4) is 0 Å². The molecule has 0 aliphatic carbocycles. The zero-order chi connectivity index (χ0) is 16.0. The van der Waals surface area contributed by atoms with Crippen molar-refractivity contribution in [1.82, 2.24) is 4.90 Å². The molecular weight excluding hydrogens is 282 g/mol. The van der Waals surface area contributed by atoms with Gasteiger partial charge in [0, 0.05) is 25.3 Å². The molecule has 23 heavy (non-hydrogen) atoms. The molecule has 4 rings (SSSR count). The Labute approximate surface area is 139 Å². The van der Waals surface area contributed by atoms with E-state index in [9.17, 15) is 0 Å². The number of fused-ring (bicyclic) bond motifs is 5. The number of para-hydroxylation sites is 3. The Bertz CT molecular complexity index is 710. The largest absolute Gasteiger partial charge is 0.363 e. The Kier molecular flexibility index (Phi) is 3.53. The summed E-state index contributed by atoms with van der Waals surface area (Å²) in [5.41, 5.74) is 5.48. The Balaban J connectivity index is 1.88. The van der Waals surface area contributed by atoms with Crippen molar-refractivity contribution in [2.75, 3.05) is 37.5 Å². The average molecular weight is 307 g/mol. The van der Waals surface area contributed by atoms with Crippen molar-refractivity contribution in [2.24, 2.45) is 0 Å². The number of nitrogens with zero attached hydrogens (tertiary/aromatic N) is 3. The van der Waals surface area contributed by atoms with Gasteiger partial charge in [0.1, 0.15) is 0 Å². The third-order valence-electron chi connectivity index (χ3n) is 5.51. The van der Waals surface area contributed by atoms with Crippen LogP contribution in [0.5, 0.6) is 0 Å². The fourth-order valence-corrected chi connectivity index (χ4v) is 4.19. The van der Waals surface area contributed by atoms with Gasteiger partial charge >= 0.3 is 0 Å². The monoisotopic (exact) mass is 307 g/mol. The van der Waals surface area contributed by atoms with Gasteiger partial charge in [-0.15, -0.1) is 0 Å². The quantitative estimate of drug-likeness (QED) is 0.787. The van der Waals surface area contributed by atoms with Gasteiger partial charge in [0.15, 0.2) is 0 Å². The molecule has 1 saturated heterocycles. The fourth-order valence-electron chi connectivity index (χ4n) is 4.19. The molecule has 2 heterocycles. The SMILES string of the molecule is CN1c2ccccc2C2CC(N(C)C)CCN2c2ccccc21. The molecule has 0 radical (unpaired) electrons. The number of hydrogen-bond donors (Lipinski definition) is 0. The lowest BCUT2D eigenvalue weighted by Gasteiger charge is -2.42. The van der Waals surface area contributed by atoms with E-state index in [0.717, 1.165) is 6.54 Å². The first kappa shape index (κ1) is 14.6. The topological polar surface area (TPSA) is 9.72 Å². The third kappa shape index (κ3) is 2.31. The summed E-state index contributed by atoms with van der Waals surface area (Å²) >= 11 is 0. The smallest absolute Gasteiger partial charge is 0.0646 e. The number of benzene rings is 2. The maximum atomic E-state index is 2.62. The molecule has 0 aromatic heterocycles. The van der Waals surface area contributed by atoms with E-state index >= 15 is 0 Å². The summed E-state index contributed by atoms with van der Waals surface area (Å²) in [4.78, 5) is 7.37. The average Bonchev–Trinajstić information content (AvgIpc) is 2.70. The van der Waals surface area contributed by atoms with Gasteiger partial charge in [0.25, 0.3) is 0 Å². The molecule has 3 heteroatoms. The summed E-state index contributed by atoms with van der Waals surface area (Å²) in [6, 6.07) is 18.8. The lowest BCUT2D eigenvalue weighted by molar-refractivity contribution is 0.225. The summed E-state index contributed by atoms with van der Waals surface area (Å²) in [7, 11) is 6.62. The predicted molar refractivity (Wildman–Crippen MR) is 97.7 cm³/mol. The van der Waals surface area contributed by atoms with E-state index in [2.05, 4.69) is 84.4 Å². The molecular formula is C20H25N3. The van der Waals surface area contributed by atoms with Gasteiger partial charge in [-0.25, -0.2) is 0 Å². The normalized spacial score (nSPS) is 23.1. The molecule has 2 aromatic carbocycles. The Morgan fingerprint density at radius 2 is 1.57 bits per heavy atom. The molecule has 2 unspecified atom stereocenters. The van der Waals surface area contributed by atoms with Crippen LogP contribution >= 0.6 is 0 Å². The van der Waals surface area contributed by atoms with E-state index in [0.29, 0.717) is 12.1 Å². The van der Waals surface area contributed by atoms with Crippen LogP contribution in [0.2, 0.25) is 0 Å². The van der Waals surface area contributed by atoms with Crippen molar-refractivity contribution >= 4 is 17.1 Å². The van der Waals surface area contributed by atoms with Crippen LogP contribution in [-0.4, -0.2) is 38.6 Å². The van der Waals surface area contributed by atoms with E-state index in [-0.39, 0.29) is 0 Å². The highest BCUT2D eigenvalue weighted by molar-refractivity contribution is 5.81. The molecule has 0 saturated carbocycles. The second kappa shape index (κ2) is 5.57. The molecule has 0 N–H and O–H groups in total. The van der Waals surface area contributed by atoms with Crippen LogP contribution in [-0.2, 0) is 0 Å². The lowest BCUT2D eigenvalue weighted by atomic mass is 9.90. The summed E-state index contributed by atoms with van der Waals surface area (Å²) in [6.45, 7) is 1.12. The summed E-state index contributed by atoms with van der Waals surface area (Å²) in [5.74, 6) is 0. The highest BCUT2D eigenvalue weighted by Crippen LogP contribution is 2.47. The van der Waals surface area contributed by atoms with Gasteiger partial charge < -0.3 is 14.7 Å². The Hall–Kier alpha value is -2.00. The van der Waals surface area contributed by atoms with Crippen molar-refractivity contribution in [3.8, 4) is 0 Å².